The molecule has 3 rings (SSSR count). The van der Waals surface area contributed by atoms with E-state index < -0.39 is 6.03 Å². The molecule has 0 spiro atoms. The summed E-state index contributed by atoms with van der Waals surface area (Å²) in [7, 11) is 0. The topological polar surface area (TPSA) is 107 Å². The highest BCUT2D eigenvalue weighted by atomic mass is 35.5. The molecule has 0 unspecified atom stereocenters. The van der Waals surface area contributed by atoms with Gasteiger partial charge in [0.05, 0.1) is 6.54 Å². The number of carbonyl (C=O) groups is 2. The third-order valence-corrected chi connectivity index (χ3v) is 5.41. The lowest BCUT2D eigenvalue weighted by atomic mass is 10.2. The highest BCUT2D eigenvalue weighted by molar-refractivity contribution is 7.71. The Bertz CT molecular complexity index is 1160. The molecule has 0 aliphatic rings. The zero-order chi connectivity index (χ0) is 23.1. The molecular formula is C22H25ClN6O2S. The molecule has 0 atom stereocenters. The fourth-order valence-corrected chi connectivity index (χ4v) is 3.60. The third-order valence-electron chi connectivity index (χ3n) is 4.73. The number of carbonyl (C=O) groups excluding carboxylic acids is 2. The number of rotatable bonds is 9. The molecule has 32 heavy (non-hydrogen) atoms. The predicted octanol–water partition coefficient (Wildman–Crippen LogP) is 5.05. The van der Waals surface area contributed by atoms with E-state index in [-0.39, 0.29) is 12.3 Å². The SMILES string of the molecule is CCCCn1c(-c2ccc(Cl)cc2)nn(CCC(=O)Nc2cccc(NC(N)=O)c2)c1=S. The molecule has 8 nitrogen and oxygen atoms in total. The van der Waals surface area contributed by atoms with Crippen molar-refractivity contribution in [3.63, 3.8) is 0 Å². The summed E-state index contributed by atoms with van der Waals surface area (Å²) < 4.78 is 4.25. The Balaban J connectivity index is 1.73. The van der Waals surface area contributed by atoms with Crippen LogP contribution in [0.1, 0.15) is 26.2 Å². The Morgan fingerprint density at radius 3 is 2.44 bits per heavy atom. The monoisotopic (exact) mass is 472 g/mol. The number of nitrogens with one attached hydrogen (secondary N) is 2. The first kappa shape index (κ1) is 23.5. The van der Waals surface area contributed by atoms with Crippen LogP contribution in [-0.4, -0.2) is 26.3 Å². The zero-order valence-corrected chi connectivity index (χ0v) is 19.2. The van der Waals surface area contributed by atoms with Gasteiger partial charge in [-0.25, -0.2) is 9.48 Å². The largest absolute Gasteiger partial charge is 0.351 e. The van der Waals surface area contributed by atoms with E-state index in [0.717, 1.165) is 30.8 Å². The second-order valence-electron chi connectivity index (χ2n) is 7.21. The summed E-state index contributed by atoms with van der Waals surface area (Å²) in [6.07, 6.45) is 2.18. The van der Waals surface area contributed by atoms with E-state index in [1.54, 1.807) is 28.9 Å². The first-order valence-electron chi connectivity index (χ1n) is 10.3. The number of halogens is 1. The van der Waals surface area contributed by atoms with Gasteiger partial charge in [-0.3, -0.25) is 9.36 Å². The number of anilines is 2. The molecule has 0 saturated heterocycles. The molecule has 0 aliphatic heterocycles. The van der Waals surface area contributed by atoms with Gasteiger partial charge in [-0.2, -0.15) is 5.10 Å². The van der Waals surface area contributed by atoms with E-state index >= 15 is 0 Å². The standard InChI is InChI=1S/C22H25ClN6O2S/c1-2-3-12-28-20(15-7-9-16(23)10-8-15)27-29(22(28)32)13-11-19(30)25-17-5-4-6-18(14-17)26-21(24)31/h4-10,14H,2-3,11-13H2,1H3,(H,25,30)(H3,24,26,31). The zero-order valence-electron chi connectivity index (χ0n) is 17.7. The number of urea groups is 1. The average molecular weight is 473 g/mol. The maximum atomic E-state index is 12.5. The number of primary amides is 1. The summed E-state index contributed by atoms with van der Waals surface area (Å²) in [5, 5.41) is 10.6. The number of hydrogen-bond acceptors (Lipinski definition) is 4. The molecule has 3 aromatic rings. The number of unbranched alkanes of at least 4 members (excludes halogenated alkanes) is 1. The van der Waals surface area contributed by atoms with Crippen molar-refractivity contribution >= 4 is 47.1 Å². The first-order valence-corrected chi connectivity index (χ1v) is 11.1. The van der Waals surface area contributed by atoms with Gasteiger partial charge >= 0.3 is 6.03 Å². The van der Waals surface area contributed by atoms with Crippen LogP contribution < -0.4 is 16.4 Å². The normalized spacial score (nSPS) is 10.7. The molecule has 3 amide bonds. The molecule has 0 aliphatic carbocycles. The van der Waals surface area contributed by atoms with Crippen molar-refractivity contribution in [1.29, 1.82) is 0 Å². The molecular weight excluding hydrogens is 448 g/mol. The van der Waals surface area contributed by atoms with Crippen molar-refractivity contribution in [1.82, 2.24) is 14.3 Å². The van der Waals surface area contributed by atoms with Crippen LogP contribution in [0, 0.1) is 4.77 Å². The van der Waals surface area contributed by atoms with Crippen molar-refractivity contribution in [2.45, 2.75) is 39.3 Å². The van der Waals surface area contributed by atoms with Gasteiger partial charge in [-0.1, -0.05) is 31.0 Å². The van der Waals surface area contributed by atoms with Crippen LogP contribution in [0.5, 0.6) is 0 Å². The fraction of sp³-hybridized carbons (Fsp3) is 0.273. The highest BCUT2D eigenvalue weighted by Crippen LogP contribution is 2.22. The maximum absolute atomic E-state index is 12.5. The van der Waals surface area contributed by atoms with Crippen molar-refractivity contribution in [2.24, 2.45) is 5.73 Å². The van der Waals surface area contributed by atoms with E-state index in [4.69, 9.17) is 29.6 Å². The lowest BCUT2D eigenvalue weighted by Gasteiger charge is -2.08. The summed E-state index contributed by atoms with van der Waals surface area (Å²) in [6.45, 7) is 3.21. The van der Waals surface area contributed by atoms with E-state index in [9.17, 15) is 9.59 Å². The predicted molar refractivity (Wildman–Crippen MR) is 129 cm³/mol. The minimum Gasteiger partial charge on any atom is -0.351 e. The molecule has 4 N–H and O–H groups in total. The molecule has 0 fully saturated rings. The van der Waals surface area contributed by atoms with E-state index in [1.807, 2.05) is 28.8 Å². The smallest absolute Gasteiger partial charge is 0.316 e. The average Bonchev–Trinajstić information content (AvgIpc) is 3.06. The maximum Gasteiger partial charge on any atom is 0.316 e. The van der Waals surface area contributed by atoms with Crippen molar-refractivity contribution in [2.75, 3.05) is 10.6 Å². The molecule has 0 radical (unpaired) electrons. The Morgan fingerprint density at radius 1 is 1.09 bits per heavy atom. The Hall–Kier alpha value is -3.17. The molecule has 10 heteroatoms. The summed E-state index contributed by atoms with van der Waals surface area (Å²) in [4.78, 5) is 23.5. The Labute approximate surface area is 196 Å². The minimum atomic E-state index is -0.669. The number of aryl methyl sites for hydroxylation is 1. The number of nitrogens with two attached hydrogens (primary N) is 1. The Morgan fingerprint density at radius 2 is 1.78 bits per heavy atom. The van der Waals surface area contributed by atoms with Crippen LogP contribution in [-0.2, 0) is 17.9 Å². The van der Waals surface area contributed by atoms with Gasteiger partial charge < -0.3 is 16.4 Å². The fourth-order valence-electron chi connectivity index (χ4n) is 3.16. The molecule has 168 valence electrons. The number of amides is 3. The van der Waals surface area contributed by atoms with Crippen molar-refractivity contribution in [3.8, 4) is 11.4 Å². The van der Waals surface area contributed by atoms with Gasteiger partial charge in [0.2, 0.25) is 5.91 Å². The summed E-state index contributed by atoms with van der Waals surface area (Å²) >= 11 is 11.7. The molecule has 2 aromatic carbocycles. The van der Waals surface area contributed by atoms with Crippen molar-refractivity contribution < 1.29 is 9.59 Å². The van der Waals surface area contributed by atoms with Gasteiger partial charge in [-0.05, 0) is 61.1 Å². The highest BCUT2D eigenvalue weighted by Gasteiger charge is 2.14. The van der Waals surface area contributed by atoms with Gasteiger partial charge in [0, 0.05) is 34.9 Å². The molecule has 0 saturated carbocycles. The quantitative estimate of drug-likeness (QED) is 0.378. The van der Waals surface area contributed by atoms with Crippen LogP contribution in [0.15, 0.2) is 48.5 Å². The van der Waals surface area contributed by atoms with Crippen LogP contribution in [0.25, 0.3) is 11.4 Å². The second-order valence-corrected chi connectivity index (χ2v) is 8.01. The number of benzene rings is 2. The van der Waals surface area contributed by atoms with E-state index in [2.05, 4.69) is 22.7 Å². The number of hydrogen-bond donors (Lipinski definition) is 3. The lowest BCUT2D eigenvalue weighted by Crippen LogP contribution is -2.19. The number of aromatic nitrogens is 3. The van der Waals surface area contributed by atoms with Crippen LogP contribution in [0.4, 0.5) is 16.2 Å². The van der Waals surface area contributed by atoms with E-state index in [0.29, 0.717) is 27.7 Å². The van der Waals surface area contributed by atoms with Crippen LogP contribution in [0.2, 0.25) is 5.02 Å². The van der Waals surface area contributed by atoms with Gasteiger partial charge in [0.1, 0.15) is 0 Å². The van der Waals surface area contributed by atoms with Gasteiger partial charge in [0.15, 0.2) is 10.6 Å². The van der Waals surface area contributed by atoms with Crippen LogP contribution >= 0.6 is 23.8 Å². The molecule has 1 heterocycles. The molecule has 0 bridgehead atoms. The van der Waals surface area contributed by atoms with Crippen LogP contribution in [0.3, 0.4) is 0 Å². The first-order chi connectivity index (χ1) is 15.4. The van der Waals surface area contributed by atoms with Gasteiger partial charge in [-0.15, -0.1) is 0 Å². The third kappa shape index (κ3) is 6.18. The van der Waals surface area contributed by atoms with E-state index in [1.165, 1.54) is 0 Å². The second kappa shape index (κ2) is 10.9. The molecule has 1 aromatic heterocycles. The summed E-state index contributed by atoms with van der Waals surface area (Å²) in [5.74, 6) is 0.560. The minimum absolute atomic E-state index is 0.187. The van der Waals surface area contributed by atoms with Gasteiger partial charge in [0.25, 0.3) is 0 Å². The Kier molecular flexibility index (Phi) is 8.02. The lowest BCUT2D eigenvalue weighted by molar-refractivity contribution is -0.116. The summed E-state index contributed by atoms with van der Waals surface area (Å²) in [6, 6.07) is 13.5. The summed E-state index contributed by atoms with van der Waals surface area (Å²) in [5.41, 5.74) is 7.10. The number of nitrogens with zero attached hydrogens (tertiary/aromatic N) is 3. The van der Waals surface area contributed by atoms with Crippen molar-refractivity contribution in [3.05, 3.63) is 58.3 Å².